The Hall–Kier alpha value is -2.06. The summed E-state index contributed by atoms with van der Waals surface area (Å²) in [4.78, 5) is 23.0. The molecular weight excluding hydrogens is 332 g/mol. The van der Waals surface area contributed by atoms with Crippen molar-refractivity contribution in [2.75, 3.05) is 13.1 Å². The van der Waals surface area contributed by atoms with Crippen LogP contribution in [0.2, 0.25) is 0 Å². The molecule has 0 bridgehead atoms. The lowest BCUT2D eigenvalue weighted by molar-refractivity contribution is 0.0785. The molecule has 0 aromatic carbocycles. The number of hydrogen-bond acceptors (Lipinski definition) is 7. The molecule has 3 aromatic heterocycles. The molecule has 0 saturated carbocycles. The Balaban J connectivity index is 1.47. The van der Waals surface area contributed by atoms with Gasteiger partial charge >= 0.3 is 0 Å². The third kappa shape index (κ3) is 2.79. The number of aromatic nitrogens is 3. The van der Waals surface area contributed by atoms with Gasteiger partial charge in [-0.15, -0.1) is 11.3 Å². The van der Waals surface area contributed by atoms with Crippen LogP contribution in [0.1, 0.15) is 33.7 Å². The highest BCUT2D eigenvalue weighted by Gasteiger charge is 2.31. The molecule has 1 fully saturated rings. The molecule has 1 atom stereocenters. The molecule has 6 nitrogen and oxygen atoms in total. The number of amides is 1. The summed E-state index contributed by atoms with van der Waals surface area (Å²) in [6, 6.07) is 1.96. The highest BCUT2D eigenvalue weighted by molar-refractivity contribution is 7.09. The van der Waals surface area contributed by atoms with Gasteiger partial charge in [0, 0.05) is 29.8 Å². The lowest BCUT2D eigenvalue weighted by atomic mass is 10.1. The topological polar surface area (TPSA) is 72.1 Å². The summed E-state index contributed by atoms with van der Waals surface area (Å²) in [5, 5.41) is 10.8. The monoisotopic (exact) mass is 346 g/mol. The van der Waals surface area contributed by atoms with Crippen LogP contribution in [0.4, 0.5) is 0 Å². The Labute approximate surface area is 140 Å². The van der Waals surface area contributed by atoms with Gasteiger partial charge in [0.1, 0.15) is 5.69 Å². The third-order valence-corrected chi connectivity index (χ3v) is 5.35. The van der Waals surface area contributed by atoms with E-state index in [4.69, 9.17) is 4.52 Å². The number of likely N-dealkylation sites (tertiary alicyclic amines) is 1. The SMILES string of the molecule is Cc1nc(C(=O)N2CC[C@@H](c3noc(-c4ccsc4)n3)C2)cs1. The van der Waals surface area contributed by atoms with Crippen molar-refractivity contribution >= 4 is 28.6 Å². The Morgan fingerprint density at radius 1 is 1.39 bits per heavy atom. The van der Waals surface area contributed by atoms with Gasteiger partial charge in [-0.3, -0.25) is 4.79 Å². The normalized spacial score (nSPS) is 17.8. The van der Waals surface area contributed by atoms with Crippen LogP contribution in [0, 0.1) is 6.92 Å². The van der Waals surface area contributed by atoms with E-state index in [2.05, 4.69) is 15.1 Å². The predicted octanol–water partition coefficient (Wildman–Crippen LogP) is 3.19. The first-order chi connectivity index (χ1) is 11.2. The highest BCUT2D eigenvalue weighted by Crippen LogP contribution is 2.29. The van der Waals surface area contributed by atoms with Crippen molar-refractivity contribution in [1.29, 1.82) is 0 Å². The first-order valence-corrected chi connectivity index (χ1v) is 9.10. The van der Waals surface area contributed by atoms with Crippen molar-refractivity contribution < 1.29 is 9.32 Å². The van der Waals surface area contributed by atoms with Crippen LogP contribution in [0.25, 0.3) is 11.5 Å². The zero-order valence-corrected chi connectivity index (χ0v) is 14.1. The second kappa shape index (κ2) is 5.86. The molecule has 0 spiro atoms. The van der Waals surface area contributed by atoms with Crippen molar-refractivity contribution in [1.82, 2.24) is 20.0 Å². The van der Waals surface area contributed by atoms with Crippen molar-refractivity contribution in [2.45, 2.75) is 19.3 Å². The number of carbonyl (C=O) groups excluding carboxylic acids is 1. The minimum absolute atomic E-state index is 0.0154. The zero-order chi connectivity index (χ0) is 15.8. The van der Waals surface area contributed by atoms with E-state index in [0.717, 1.165) is 17.0 Å². The summed E-state index contributed by atoms with van der Waals surface area (Å²) in [6.07, 6.45) is 0.845. The fourth-order valence-corrected chi connectivity index (χ4v) is 3.90. The maximum atomic E-state index is 12.4. The molecular formula is C15H14N4O2S2. The first kappa shape index (κ1) is 14.5. The standard InChI is InChI=1S/C15H14N4O2S2/c1-9-16-12(8-23-9)15(20)19-4-2-10(6-19)13-17-14(21-18-13)11-3-5-22-7-11/h3,5,7-8,10H,2,4,6H2,1H3/t10-/m1/s1. The summed E-state index contributed by atoms with van der Waals surface area (Å²) in [5.41, 5.74) is 1.47. The van der Waals surface area contributed by atoms with Gasteiger partial charge in [-0.05, 0) is 24.8 Å². The Kier molecular flexibility index (Phi) is 3.70. The number of thiophene rings is 1. The van der Waals surface area contributed by atoms with E-state index in [1.807, 2.05) is 34.0 Å². The molecule has 0 N–H and O–H groups in total. The van der Waals surface area contributed by atoms with E-state index in [1.54, 1.807) is 11.3 Å². The summed E-state index contributed by atoms with van der Waals surface area (Å²) < 4.78 is 5.34. The van der Waals surface area contributed by atoms with Gasteiger partial charge in [0.05, 0.1) is 10.6 Å². The minimum Gasteiger partial charge on any atom is -0.337 e. The number of aryl methyl sites for hydroxylation is 1. The van der Waals surface area contributed by atoms with Gasteiger partial charge in [-0.25, -0.2) is 4.98 Å². The molecule has 1 saturated heterocycles. The van der Waals surface area contributed by atoms with Crippen molar-refractivity contribution in [3.05, 3.63) is 38.7 Å². The maximum absolute atomic E-state index is 12.4. The molecule has 1 aliphatic heterocycles. The Bertz CT molecular complexity index is 824. The molecule has 0 radical (unpaired) electrons. The molecule has 0 aliphatic carbocycles. The molecule has 23 heavy (non-hydrogen) atoms. The minimum atomic E-state index is -0.0154. The van der Waals surface area contributed by atoms with Gasteiger partial charge in [-0.1, -0.05) is 5.16 Å². The molecule has 3 aromatic rings. The molecule has 1 aliphatic rings. The summed E-state index contributed by atoms with van der Waals surface area (Å²) in [7, 11) is 0. The molecule has 118 valence electrons. The van der Waals surface area contributed by atoms with Crippen molar-refractivity contribution in [2.24, 2.45) is 0 Å². The lowest BCUT2D eigenvalue weighted by Crippen LogP contribution is -2.28. The fourth-order valence-electron chi connectivity index (χ4n) is 2.68. The van der Waals surface area contributed by atoms with Crippen LogP contribution >= 0.6 is 22.7 Å². The van der Waals surface area contributed by atoms with Gasteiger partial charge in [0.2, 0.25) is 0 Å². The second-order valence-corrected chi connectivity index (χ2v) is 7.30. The van der Waals surface area contributed by atoms with E-state index < -0.39 is 0 Å². The van der Waals surface area contributed by atoms with Crippen LogP contribution in [-0.2, 0) is 0 Å². The van der Waals surface area contributed by atoms with Crippen LogP contribution in [0.5, 0.6) is 0 Å². The Morgan fingerprint density at radius 2 is 2.30 bits per heavy atom. The van der Waals surface area contributed by atoms with Crippen LogP contribution in [0.3, 0.4) is 0 Å². The third-order valence-electron chi connectivity index (χ3n) is 3.89. The van der Waals surface area contributed by atoms with E-state index in [0.29, 0.717) is 30.5 Å². The van der Waals surface area contributed by atoms with Crippen molar-refractivity contribution in [3.8, 4) is 11.5 Å². The van der Waals surface area contributed by atoms with Gasteiger partial charge in [-0.2, -0.15) is 16.3 Å². The predicted molar refractivity (Wildman–Crippen MR) is 87.7 cm³/mol. The molecule has 4 heterocycles. The average molecular weight is 346 g/mol. The molecule has 0 unspecified atom stereocenters. The van der Waals surface area contributed by atoms with Crippen LogP contribution < -0.4 is 0 Å². The van der Waals surface area contributed by atoms with Gasteiger partial charge in [0.15, 0.2) is 5.82 Å². The number of thiazole rings is 1. The number of nitrogens with zero attached hydrogens (tertiary/aromatic N) is 4. The summed E-state index contributed by atoms with van der Waals surface area (Å²) in [5.74, 6) is 1.32. The number of hydrogen-bond donors (Lipinski definition) is 0. The molecule has 4 rings (SSSR count). The second-order valence-electron chi connectivity index (χ2n) is 5.46. The largest absolute Gasteiger partial charge is 0.337 e. The molecule has 8 heteroatoms. The quantitative estimate of drug-likeness (QED) is 0.728. The Morgan fingerprint density at radius 3 is 3.04 bits per heavy atom. The van der Waals surface area contributed by atoms with E-state index in [-0.39, 0.29) is 11.8 Å². The average Bonchev–Trinajstić information content (AvgIpc) is 3.30. The number of carbonyl (C=O) groups is 1. The summed E-state index contributed by atoms with van der Waals surface area (Å²) in [6.45, 7) is 3.21. The van der Waals surface area contributed by atoms with Crippen LogP contribution in [-0.4, -0.2) is 39.0 Å². The fraction of sp³-hybridized carbons (Fsp3) is 0.333. The van der Waals surface area contributed by atoms with Gasteiger partial charge < -0.3 is 9.42 Å². The van der Waals surface area contributed by atoms with E-state index in [1.165, 1.54) is 11.3 Å². The zero-order valence-electron chi connectivity index (χ0n) is 12.4. The van der Waals surface area contributed by atoms with Gasteiger partial charge in [0.25, 0.3) is 11.8 Å². The first-order valence-electron chi connectivity index (χ1n) is 7.28. The maximum Gasteiger partial charge on any atom is 0.273 e. The number of rotatable bonds is 3. The van der Waals surface area contributed by atoms with E-state index in [9.17, 15) is 4.79 Å². The van der Waals surface area contributed by atoms with Crippen LogP contribution in [0.15, 0.2) is 26.7 Å². The van der Waals surface area contributed by atoms with E-state index >= 15 is 0 Å². The lowest BCUT2D eigenvalue weighted by Gasteiger charge is -2.13. The smallest absolute Gasteiger partial charge is 0.273 e. The summed E-state index contributed by atoms with van der Waals surface area (Å²) >= 11 is 3.09. The molecule has 1 amide bonds. The highest BCUT2D eigenvalue weighted by atomic mass is 32.1. The van der Waals surface area contributed by atoms with Crippen molar-refractivity contribution in [3.63, 3.8) is 0 Å².